The highest BCUT2D eigenvalue weighted by Crippen LogP contribution is 2.07. The van der Waals surface area contributed by atoms with E-state index in [9.17, 15) is 0 Å². The summed E-state index contributed by atoms with van der Waals surface area (Å²) in [5.74, 6) is 0. The molecular weight excluding hydrogens is 124 g/mol. The van der Waals surface area contributed by atoms with Gasteiger partial charge in [0, 0.05) is 30.2 Å². The second-order valence-electron chi connectivity index (χ2n) is 2.10. The Morgan fingerprint density at radius 1 is 0.800 bits per heavy atom. The van der Waals surface area contributed by atoms with E-state index in [2.05, 4.69) is 9.97 Å². The number of nitrogens with zero attached hydrogens (tertiary/aromatic N) is 2. The molecule has 2 heterocycles. The summed E-state index contributed by atoms with van der Waals surface area (Å²) in [5.41, 5.74) is 0. The molecule has 0 radical (unpaired) electrons. The van der Waals surface area contributed by atoms with Crippen molar-refractivity contribution >= 4 is 10.8 Å². The van der Waals surface area contributed by atoms with Gasteiger partial charge in [-0.25, -0.2) is 0 Å². The SMILES string of the molecule is c1cc2ccncc2cn1. The molecule has 0 saturated heterocycles. The lowest BCUT2D eigenvalue weighted by Gasteiger charge is -1.91. The van der Waals surface area contributed by atoms with E-state index >= 15 is 0 Å². The fraction of sp³-hybridized carbons (Fsp3) is 0. The molecular formula is C8H6N2. The van der Waals surface area contributed by atoms with Gasteiger partial charge in [-0.2, -0.15) is 0 Å². The van der Waals surface area contributed by atoms with Gasteiger partial charge < -0.3 is 0 Å². The topological polar surface area (TPSA) is 25.8 Å². The van der Waals surface area contributed by atoms with Crippen molar-refractivity contribution in [3.05, 3.63) is 36.9 Å². The lowest BCUT2D eigenvalue weighted by molar-refractivity contribution is 1.32. The molecule has 0 amide bonds. The van der Waals surface area contributed by atoms with Crippen LogP contribution in [0.5, 0.6) is 0 Å². The number of hydrogen-bond acceptors (Lipinski definition) is 2. The monoisotopic (exact) mass is 130 g/mol. The van der Waals surface area contributed by atoms with E-state index in [0.717, 1.165) is 5.39 Å². The van der Waals surface area contributed by atoms with Crippen LogP contribution in [-0.2, 0) is 0 Å². The van der Waals surface area contributed by atoms with Crippen molar-refractivity contribution in [3.8, 4) is 0 Å². The molecule has 0 aromatic carbocycles. The van der Waals surface area contributed by atoms with Crippen LogP contribution in [0.4, 0.5) is 0 Å². The molecule has 10 heavy (non-hydrogen) atoms. The van der Waals surface area contributed by atoms with Gasteiger partial charge in [-0.15, -0.1) is 0 Å². The van der Waals surface area contributed by atoms with Gasteiger partial charge in [0.05, 0.1) is 0 Å². The Morgan fingerprint density at radius 2 is 1.40 bits per heavy atom. The molecule has 0 atom stereocenters. The highest BCUT2D eigenvalue weighted by Gasteiger charge is 1.87. The minimum absolute atomic E-state index is 1.09. The van der Waals surface area contributed by atoms with Crippen molar-refractivity contribution in [1.82, 2.24) is 9.97 Å². The van der Waals surface area contributed by atoms with E-state index in [-0.39, 0.29) is 0 Å². The summed E-state index contributed by atoms with van der Waals surface area (Å²) in [5, 5.41) is 2.27. The summed E-state index contributed by atoms with van der Waals surface area (Å²) in [6.45, 7) is 0. The number of pyridine rings is 2. The van der Waals surface area contributed by atoms with Crippen molar-refractivity contribution in [2.75, 3.05) is 0 Å². The summed E-state index contributed by atoms with van der Waals surface area (Å²) in [6, 6.07) is 3.94. The van der Waals surface area contributed by atoms with Crippen molar-refractivity contribution in [2.24, 2.45) is 0 Å². The van der Waals surface area contributed by atoms with Crippen molar-refractivity contribution in [1.29, 1.82) is 0 Å². The van der Waals surface area contributed by atoms with E-state index in [0.29, 0.717) is 0 Å². The van der Waals surface area contributed by atoms with Gasteiger partial charge in [-0.3, -0.25) is 9.97 Å². The van der Waals surface area contributed by atoms with Crippen molar-refractivity contribution < 1.29 is 0 Å². The molecule has 2 nitrogen and oxygen atoms in total. The van der Waals surface area contributed by atoms with E-state index in [1.54, 1.807) is 12.4 Å². The molecule has 2 aromatic heterocycles. The first kappa shape index (κ1) is 5.35. The van der Waals surface area contributed by atoms with Gasteiger partial charge in [0.2, 0.25) is 0 Å². The molecule has 0 saturated carbocycles. The van der Waals surface area contributed by atoms with E-state index in [4.69, 9.17) is 0 Å². The molecule has 0 bridgehead atoms. The van der Waals surface area contributed by atoms with Crippen molar-refractivity contribution in [3.63, 3.8) is 0 Å². The van der Waals surface area contributed by atoms with Crippen LogP contribution in [0, 0.1) is 0 Å². The summed E-state index contributed by atoms with van der Waals surface area (Å²) < 4.78 is 0. The maximum atomic E-state index is 3.97. The van der Waals surface area contributed by atoms with E-state index in [1.165, 1.54) is 5.39 Å². The van der Waals surface area contributed by atoms with Gasteiger partial charge in [0.25, 0.3) is 0 Å². The molecule has 0 unspecified atom stereocenters. The fourth-order valence-electron chi connectivity index (χ4n) is 0.924. The molecule has 0 spiro atoms. The zero-order chi connectivity index (χ0) is 6.81. The van der Waals surface area contributed by atoms with Crippen LogP contribution in [0.15, 0.2) is 36.9 Å². The molecule has 0 aliphatic heterocycles. The third-order valence-corrected chi connectivity index (χ3v) is 1.44. The van der Waals surface area contributed by atoms with Crippen molar-refractivity contribution in [2.45, 2.75) is 0 Å². The first-order chi connectivity index (χ1) is 4.97. The Morgan fingerprint density at radius 3 is 1.90 bits per heavy atom. The Balaban J connectivity index is 2.89. The van der Waals surface area contributed by atoms with Gasteiger partial charge in [0.15, 0.2) is 0 Å². The molecule has 0 fully saturated rings. The zero-order valence-corrected chi connectivity index (χ0v) is 5.36. The minimum atomic E-state index is 1.09. The minimum Gasteiger partial charge on any atom is -0.264 e. The average molecular weight is 130 g/mol. The third kappa shape index (κ3) is 0.739. The lowest BCUT2D eigenvalue weighted by Crippen LogP contribution is -1.74. The van der Waals surface area contributed by atoms with Crippen LogP contribution >= 0.6 is 0 Å². The molecule has 2 rings (SSSR count). The summed E-state index contributed by atoms with van der Waals surface area (Å²) in [7, 11) is 0. The van der Waals surface area contributed by atoms with Crippen LogP contribution in [0.3, 0.4) is 0 Å². The van der Waals surface area contributed by atoms with Crippen LogP contribution in [0.25, 0.3) is 10.8 Å². The molecule has 0 aliphatic carbocycles. The second-order valence-corrected chi connectivity index (χ2v) is 2.10. The summed E-state index contributed by atoms with van der Waals surface area (Å²) >= 11 is 0. The van der Waals surface area contributed by atoms with Crippen LogP contribution < -0.4 is 0 Å². The van der Waals surface area contributed by atoms with Crippen LogP contribution in [0.2, 0.25) is 0 Å². The number of fused-ring (bicyclic) bond motifs is 1. The highest BCUT2D eigenvalue weighted by atomic mass is 14.6. The van der Waals surface area contributed by atoms with Crippen LogP contribution in [-0.4, -0.2) is 9.97 Å². The van der Waals surface area contributed by atoms with E-state index in [1.807, 2.05) is 24.5 Å². The maximum Gasteiger partial charge on any atom is 0.0361 e. The Labute approximate surface area is 58.6 Å². The molecule has 2 heteroatoms. The normalized spacial score (nSPS) is 10.0. The zero-order valence-electron chi connectivity index (χ0n) is 5.36. The molecule has 48 valence electrons. The summed E-state index contributed by atoms with van der Waals surface area (Å²) in [6.07, 6.45) is 7.18. The fourth-order valence-corrected chi connectivity index (χ4v) is 0.924. The Kier molecular flexibility index (Phi) is 1.10. The largest absolute Gasteiger partial charge is 0.264 e. The molecule has 0 N–H and O–H groups in total. The van der Waals surface area contributed by atoms with Gasteiger partial charge in [0.1, 0.15) is 0 Å². The van der Waals surface area contributed by atoms with Gasteiger partial charge in [-0.1, -0.05) is 0 Å². The second kappa shape index (κ2) is 2.06. The predicted octanol–water partition coefficient (Wildman–Crippen LogP) is 1.63. The first-order valence-corrected chi connectivity index (χ1v) is 3.10. The molecule has 2 aromatic rings. The number of aromatic nitrogens is 2. The predicted molar refractivity (Wildman–Crippen MR) is 39.5 cm³/mol. The maximum absolute atomic E-state index is 3.97. The first-order valence-electron chi connectivity index (χ1n) is 3.10. The van der Waals surface area contributed by atoms with Crippen LogP contribution in [0.1, 0.15) is 0 Å². The third-order valence-electron chi connectivity index (χ3n) is 1.44. The molecule has 0 aliphatic rings. The lowest BCUT2D eigenvalue weighted by atomic mass is 10.2. The van der Waals surface area contributed by atoms with Gasteiger partial charge in [-0.05, 0) is 17.5 Å². The highest BCUT2D eigenvalue weighted by molar-refractivity contribution is 5.79. The summed E-state index contributed by atoms with van der Waals surface area (Å²) in [4.78, 5) is 7.95. The van der Waals surface area contributed by atoms with E-state index < -0.39 is 0 Å². The number of rotatable bonds is 0. The standard InChI is InChI=1S/C8H6N2/c1-3-9-5-8-6-10-4-2-7(1)8/h1-6H. The quantitative estimate of drug-likeness (QED) is 0.541. The Bertz CT molecular complexity index is 278. The number of hydrogen-bond donors (Lipinski definition) is 0. The Hall–Kier alpha value is -1.44. The average Bonchev–Trinajstić information content (AvgIpc) is 2.05. The smallest absolute Gasteiger partial charge is 0.0361 e. The van der Waals surface area contributed by atoms with Gasteiger partial charge >= 0.3 is 0 Å².